The molecule has 1 amide bonds. The van der Waals surface area contributed by atoms with Crippen LogP contribution in [0, 0.1) is 11.8 Å². The van der Waals surface area contributed by atoms with Crippen molar-refractivity contribution in [3.63, 3.8) is 0 Å². The maximum Gasteiger partial charge on any atom is 0.308 e. The molecule has 116 valence electrons. The first-order valence-electron chi connectivity index (χ1n) is 7.19. The van der Waals surface area contributed by atoms with E-state index < -0.39 is 11.9 Å². The molecule has 0 spiro atoms. The van der Waals surface area contributed by atoms with Gasteiger partial charge in [0.2, 0.25) is 0 Å². The average molecular weight is 301 g/mol. The Morgan fingerprint density at radius 1 is 1.18 bits per heavy atom. The zero-order valence-corrected chi connectivity index (χ0v) is 12.6. The van der Waals surface area contributed by atoms with Gasteiger partial charge in [0.05, 0.1) is 17.0 Å². The second kappa shape index (κ2) is 6.98. The van der Waals surface area contributed by atoms with Gasteiger partial charge in [0.15, 0.2) is 0 Å². The smallest absolute Gasteiger partial charge is 0.308 e. The summed E-state index contributed by atoms with van der Waals surface area (Å²) in [6, 6.07) is 5.03. The normalized spacial score (nSPS) is 12.3. The molecule has 0 radical (unpaired) electrons. The van der Waals surface area contributed by atoms with Gasteiger partial charge in [0, 0.05) is 24.5 Å². The Morgan fingerprint density at radius 2 is 1.86 bits per heavy atom. The van der Waals surface area contributed by atoms with Crippen molar-refractivity contribution in [2.75, 3.05) is 6.54 Å². The first-order chi connectivity index (χ1) is 10.5. The van der Waals surface area contributed by atoms with E-state index in [1.807, 2.05) is 13.8 Å². The van der Waals surface area contributed by atoms with E-state index in [0.717, 1.165) is 0 Å². The van der Waals surface area contributed by atoms with Crippen LogP contribution < -0.4 is 5.32 Å². The van der Waals surface area contributed by atoms with Crippen molar-refractivity contribution in [1.29, 1.82) is 0 Å². The monoisotopic (exact) mass is 301 g/mol. The van der Waals surface area contributed by atoms with Crippen LogP contribution in [0.5, 0.6) is 0 Å². The van der Waals surface area contributed by atoms with Gasteiger partial charge < -0.3 is 10.4 Å². The number of carboxylic acids is 1. The maximum atomic E-state index is 12.1. The summed E-state index contributed by atoms with van der Waals surface area (Å²) in [7, 11) is 0. The summed E-state index contributed by atoms with van der Waals surface area (Å²) in [5, 5.41) is 11.9. The fraction of sp³-hybridized carbons (Fsp3) is 0.375. The van der Waals surface area contributed by atoms with Crippen molar-refractivity contribution in [3.05, 3.63) is 36.2 Å². The lowest BCUT2D eigenvalue weighted by atomic mass is 9.97. The molecule has 0 fully saturated rings. The number of benzene rings is 1. The van der Waals surface area contributed by atoms with Crippen LogP contribution in [0.3, 0.4) is 0 Å². The number of carbonyl (C=O) groups is 2. The number of amides is 1. The van der Waals surface area contributed by atoms with E-state index in [9.17, 15) is 14.7 Å². The number of rotatable bonds is 6. The lowest BCUT2D eigenvalue weighted by Gasteiger charge is -2.15. The predicted molar refractivity (Wildman–Crippen MR) is 82.5 cm³/mol. The number of aliphatic carboxylic acids is 1. The molecule has 0 aliphatic heterocycles. The minimum absolute atomic E-state index is 0.116. The molecule has 1 atom stereocenters. The molecule has 22 heavy (non-hydrogen) atoms. The number of hydrogen-bond acceptors (Lipinski definition) is 4. The van der Waals surface area contributed by atoms with Crippen LogP contribution in [0.25, 0.3) is 11.0 Å². The van der Waals surface area contributed by atoms with Gasteiger partial charge in [-0.2, -0.15) is 0 Å². The molecular weight excluding hydrogens is 282 g/mol. The van der Waals surface area contributed by atoms with Gasteiger partial charge in [-0.25, -0.2) is 0 Å². The number of nitrogens with one attached hydrogen (secondary N) is 1. The van der Waals surface area contributed by atoms with Crippen LogP contribution in [-0.2, 0) is 4.79 Å². The van der Waals surface area contributed by atoms with E-state index >= 15 is 0 Å². The molecule has 6 nitrogen and oxygen atoms in total. The summed E-state index contributed by atoms with van der Waals surface area (Å²) in [6.45, 7) is 4.03. The van der Waals surface area contributed by atoms with Gasteiger partial charge in [-0.1, -0.05) is 13.8 Å². The summed E-state index contributed by atoms with van der Waals surface area (Å²) < 4.78 is 0. The van der Waals surface area contributed by atoms with E-state index in [4.69, 9.17) is 0 Å². The highest BCUT2D eigenvalue weighted by Gasteiger charge is 2.20. The molecule has 1 heterocycles. The number of aromatic nitrogens is 2. The van der Waals surface area contributed by atoms with Crippen molar-refractivity contribution in [3.8, 4) is 0 Å². The maximum absolute atomic E-state index is 12.1. The van der Waals surface area contributed by atoms with E-state index in [-0.39, 0.29) is 18.4 Å². The van der Waals surface area contributed by atoms with Crippen molar-refractivity contribution < 1.29 is 14.7 Å². The minimum atomic E-state index is -0.890. The van der Waals surface area contributed by atoms with Crippen LogP contribution in [0.1, 0.15) is 30.6 Å². The largest absolute Gasteiger partial charge is 0.481 e. The topological polar surface area (TPSA) is 92.2 Å². The number of fused-ring (bicyclic) bond motifs is 1. The Hall–Kier alpha value is -2.50. The Morgan fingerprint density at radius 3 is 2.50 bits per heavy atom. The molecule has 1 aromatic heterocycles. The minimum Gasteiger partial charge on any atom is -0.481 e. The van der Waals surface area contributed by atoms with Crippen molar-refractivity contribution >= 4 is 22.9 Å². The van der Waals surface area contributed by atoms with Crippen molar-refractivity contribution in [2.45, 2.75) is 20.3 Å². The third kappa shape index (κ3) is 4.00. The first kappa shape index (κ1) is 15.9. The highest BCUT2D eigenvalue weighted by molar-refractivity contribution is 5.97. The molecule has 0 saturated carbocycles. The third-order valence-corrected chi connectivity index (χ3v) is 3.35. The fourth-order valence-corrected chi connectivity index (χ4v) is 2.26. The summed E-state index contributed by atoms with van der Waals surface area (Å²) in [6.07, 6.45) is 3.68. The highest BCUT2D eigenvalue weighted by atomic mass is 16.4. The first-order valence-corrected chi connectivity index (χ1v) is 7.19. The molecule has 0 aliphatic carbocycles. The summed E-state index contributed by atoms with van der Waals surface area (Å²) in [4.78, 5) is 31.6. The van der Waals surface area contributed by atoms with Gasteiger partial charge in [-0.15, -0.1) is 0 Å². The third-order valence-electron chi connectivity index (χ3n) is 3.35. The summed E-state index contributed by atoms with van der Waals surface area (Å²) in [5.41, 5.74) is 1.79. The summed E-state index contributed by atoms with van der Waals surface area (Å²) in [5.74, 6) is -1.51. The van der Waals surface area contributed by atoms with Crippen LogP contribution >= 0.6 is 0 Å². The van der Waals surface area contributed by atoms with Gasteiger partial charge in [0.1, 0.15) is 0 Å². The number of hydrogen-bond donors (Lipinski definition) is 2. The fourth-order valence-electron chi connectivity index (χ4n) is 2.26. The highest BCUT2D eigenvalue weighted by Crippen LogP contribution is 2.13. The van der Waals surface area contributed by atoms with Gasteiger partial charge in [-0.3, -0.25) is 19.6 Å². The van der Waals surface area contributed by atoms with E-state index in [2.05, 4.69) is 15.3 Å². The quantitative estimate of drug-likeness (QED) is 0.852. The number of nitrogens with zero attached hydrogens (tertiary/aromatic N) is 2. The predicted octanol–water partition coefficient (Wildman–Crippen LogP) is 2.11. The van der Waals surface area contributed by atoms with E-state index in [1.165, 1.54) is 0 Å². The van der Waals surface area contributed by atoms with E-state index in [1.54, 1.807) is 30.6 Å². The Balaban J connectivity index is 2.05. The Bertz CT molecular complexity index is 685. The molecule has 0 saturated heterocycles. The molecule has 0 aliphatic rings. The Labute approximate surface area is 128 Å². The SMILES string of the molecule is CC(C)CC(CNC(=O)c1ccc2nccnc2c1)C(=O)O. The van der Waals surface area contributed by atoms with Crippen LogP contribution in [0.15, 0.2) is 30.6 Å². The second-order valence-corrected chi connectivity index (χ2v) is 5.63. The lowest BCUT2D eigenvalue weighted by Crippen LogP contribution is -2.33. The standard InChI is InChI=1S/C16H19N3O3/c1-10(2)7-12(16(21)22)9-19-15(20)11-3-4-13-14(8-11)18-6-5-17-13/h3-6,8,10,12H,7,9H2,1-2H3,(H,19,20)(H,21,22). The van der Waals surface area contributed by atoms with Crippen LogP contribution in [-0.4, -0.2) is 33.5 Å². The zero-order chi connectivity index (χ0) is 16.1. The molecule has 2 aromatic rings. The van der Waals surface area contributed by atoms with Gasteiger partial charge >= 0.3 is 5.97 Å². The van der Waals surface area contributed by atoms with Crippen LogP contribution in [0.2, 0.25) is 0 Å². The second-order valence-electron chi connectivity index (χ2n) is 5.63. The summed E-state index contributed by atoms with van der Waals surface area (Å²) >= 11 is 0. The lowest BCUT2D eigenvalue weighted by molar-refractivity contribution is -0.142. The number of carboxylic acid groups (broad SMARTS) is 1. The van der Waals surface area contributed by atoms with E-state index in [0.29, 0.717) is 23.0 Å². The molecule has 2 rings (SSSR count). The molecule has 0 bridgehead atoms. The zero-order valence-electron chi connectivity index (χ0n) is 12.6. The number of carbonyl (C=O) groups excluding carboxylic acids is 1. The molecule has 1 aromatic carbocycles. The average Bonchev–Trinajstić information content (AvgIpc) is 2.50. The van der Waals surface area contributed by atoms with Gasteiger partial charge in [-0.05, 0) is 30.5 Å². The Kier molecular flexibility index (Phi) is 5.04. The van der Waals surface area contributed by atoms with Crippen LogP contribution in [0.4, 0.5) is 0 Å². The van der Waals surface area contributed by atoms with Crippen molar-refractivity contribution in [2.24, 2.45) is 11.8 Å². The molecule has 6 heteroatoms. The van der Waals surface area contributed by atoms with Crippen molar-refractivity contribution in [1.82, 2.24) is 15.3 Å². The molecular formula is C16H19N3O3. The van der Waals surface area contributed by atoms with Gasteiger partial charge in [0.25, 0.3) is 5.91 Å². The molecule has 2 N–H and O–H groups in total. The molecule has 1 unspecified atom stereocenters.